The van der Waals surface area contributed by atoms with Crippen LogP contribution < -0.4 is 5.32 Å². The highest BCUT2D eigenvalue weighted by Gasteiger charge is 2.25. The molecule has 1 saturated heterocycles. The van der Waals surface area contributed by atoms with Gasteiger partial charge in [-0.15, -0.1) is 0 Å². The van der Waals surface area contributed by atoms with Crippen molar-refractivity contribution in [3.8, 4) is 0 Å². The summed E-state index contributed by atoms with van der Waals surface area (Å²) in [6.07, 6.45) is 1.32. The van der Waals surface area contributed by atoms with Crippen molar-refractivity contribution in [3.63, 3.8) is 0 Å². The van der Waals surface area contributed by atoms with Gasteiger partial charge in [-0.05, 0) is 55.3 Å². The van der Waals surface area contributed by atoms with Gasteiger partial charge in [-0.3, -0.25) is 9.59 Å². The Bertz CT molecular complexity index is 915. The third-order valence-electron chi connectivity index (χ3n) is 6.34. The molecule has 0 saturated carbocycles. The Balaban J connectivity index is 1.23. The average molecular weight is 438 g/mol. The fraction of sp³-hybridized carbons (Fsp3) is 0.440. The van der Waals surface area contributed by atoms with E-state index < -0.39 is 6.10 Å². The summed E-state index contributed by atoms with van der Waals surface area (Å²) in [6, 6.07) is 15.5. The number of nitrogens with one attached hydrogen (secondary N) is 1. The number of morpholine rings is 1. The number of carbonyl (C=O) groups is 2. The van der Waals surface area contributed by atoms with Crippen LogP contribution in [0.25, 0.3) is 0 Å². The Kier molecular flexibility index (Phi) is 7.19. The molecule has 1 atom stereocenters. The molecule has 7 heteroatoms. The van der Waals surface area contributed by atoms with Gasteiger partial charge in [-0.2, -0.15) is 0 Å². The van der Waals surface area contributed by atoms with E-state index in [4.69, 9.17) is 4.74 Å². The average Bonchev–Trinajstić information content (AvgIpc) is 3.27. The molecule has 2 N–H and O–H groups in total. The van der Waals surface area contributed by atoms with E-state index in [1.807, 2.05) is 7.05 Å². The number of rotatable bonds is 7. The molecule has 0 radical (unpaired) electrons. The molecule has 1 heterocycles. The van der Waals surface area contributed by atoms with Gasteiger partial charge in [-0.1, -0.05) is 24.3 Å². The zero-order chi connectivity index (χ0) is 22.5. The molecule has 2 aliphatic rings. The number of fused-ring (bicyclic) bond motifs is 1. The van der Waals surface area contributed by atoms with Crippen molar-refractivity contribution in [3.05, 3.63) is 70.8 Å². The normalized spacial score (nSPS) is 17.3. The summed E-state index contributed by atoms with van der Waals surface area (Å²) >= 11 is 0. The lowest BCUT2D eigenvalue weighted by Crippen LogP contribution is -2.43. The van der Waals surface area contributed by atoms with Crippen LogP contribution in [0.5, 0.6) is 0 Å². The topological polar surface area (TPSA) is 82.1 Å². The molecule has 4 rings (SSSR count). The van der Waals surface area contributed by atoms with Crippen molar-refractivity contribution in [1.29, 1.82) is 0 Å². The smallest absolute Gasteiger partial charge is 0.254 e. The van der Waals surface area contributed by atoms with Crippen LogP contribution in [0.3, 0.4) is 0 Å². The molecule has 32 heavy (non-hydrogen) atoms. The van der Waals surface area contributed by atoms with Gasteiger partial charge in [0.25, 0.3) is 11.8 Å². The fourth-order valence-corrected chi connectivity index (χ4v) is 4.42. The Hall–Kier alpha value is -2.74. The first-order valence-electron chi connectivity index (χ1n) is 11.2. The second-order valence-corrected chi connectivity index (χ2v) is 8.62. The summed E-state index contributed by atoms with van der Waals surface area (Å²) in [5.41, 5.74) is 3.78. The number of likely N-dealkylation sites (N-methyl/N-ethyl adjacent to an activating group) is 1. The Morgan fingerprint density at radius 2 is 1.66 bits per heavy atom. The second-order valence-electron chi connectivity index (χ2n) is 8.62. The lowest BCUT2D eigenvalue weighted by atomic mass is 10.1. The number of benzene rings is 2. The van der Waals surface area contributed by atoms with Crippen molar-refractivity contribution in [1.82, 2.24) is 15.1 Å². The van der Waals surface area contributed by atoms with Crippen LogP contribution in [0, 0.1) is 0 Å². The summed E-state index contributed by atoms with van der Waals surface area (Å²) in [7, 11) is 2.02. The minimum atomic E-state index is -0.658. The lowest BCUT2D eigenvalue weighted by Gasteiger charge is -2.27. The van der Waals surface area contributed by atoms with Crippen molar-refractivity contribution >= 4 is 11.8 Å². The molecular weight excluding hydrogens is 406 g/mol. The van der Waals surface area contributed by atoms with Crippen molar-refractivity contribution in [2.24, 2.45) is 0 Å². The number of amides is 2. The predicted molar refractivity (Wildman–Crippen MR) is 122 cm³/mol. The number of hydrogen-bond acceptors (Lipinski definition) is 5. The molecule has 2 amide bonds. The van der Waals surface area contributed by atoms with Gasteiger partial charge in [0.1, 0.15) is 0 Å². The van der Waals surface area contributed by atoms with Gasteiger partial charge < -0.3 is 25.0 Å². The summed E-state index contributed by atoms with van der Waals surface area (Å²) in [5.74, 6) is -0.307. The highest BCUT2D eigenvalue weighted by Crippen LogP contribution is 2.24. The molecule has 1 fully saturated rings. The maximum absolute atomic E-state index is 12.5. The summed E-state index contributed by atoms with van der Waals surface area (Å²) in [4.78, 5) is 28.9. The van der Waals surface area contributed by atoms with Gasteiger partial charge in [0.2, 0.25) is 0 Å². The Morgan fingerprint density at radius 1 is 1.06 bits per heavy atom. The van der Waals surface area contributed by atoms with E-state index in [0.717, 1.165) is 12.8 Å². The number of aliphatic hydroxyl groups is 1. The van der Waals surface area contributed by atoms with Crippen LogP contribution in [-0.2, 0) is 17.6 Å². The van der Waals surface area contributed by atoms with E-state index in [1.54, 1.807) is 29.2 Å². The monoisotopic (exact) mass is 437 g/mol. The number of nitrogens with zero attached hydrogens (tertiary/aromatic N) is 2. The molecular formula is C25H31N3O4. The maximum atomic E-state index is 12.5. The first-order chi connectivity index (χ1) is 15.5. The van der Waals surface area contributed by atoms with Crippen LogP contribution in [0.15, 0.2) is 48.5 Å². The van der Waals surface area contributed by atoms with Crippen molar-refractivity contribution in [2.45, 2.75) is 25.0 Å². The number of ether oxygens (including phenoxy) is 1. The van der Waals surface area contributed by atoms with Crippen LogP contribution in [0.1, 0.15) is 31.8 Å². The number of carbonyl (C=O) groups excluding carboxylic acids is 2. The van der Waals surface area contributed by atoms with E-state index >= 15 is 0 Å². The summed E-state index contributed by atoms with van der Waals surface area (Å²) < 4.78 is 5.28. The number of aliphatic hydroxyl groups excluding tert-OH is 1. The van der Waals surface area contributed by atoms with E-state index in [2.05, 4.69) is 34.5 Å². The van der Waals surface area contributed by atoms with Gasteiger partial charge in [0, 0.05) is 43.3 Å². The van der Waals surface area contributed by atoms with Crippen molar-refractivity contribution in [2.75, 3.05) is 46.4 Å². The Morgan fingerprint density at radius 3 is 2.28 bits per heavy atom. The molecule has 1 aliphatic heterocycles. The van der Waals surface area contributed by atoms with E-state index in [0.29, 0.717) is 50.0 Å². The molecule has 0 spiro atoms. The third-order valence-corrected chi connectivity index (χ3v) is 6.34. The summed E-state index contributed by atoms with van der Waals surface area (Å²) in [6.45, 7) is 2.94. The van der Waals surface area contributed by atoms with Gasteiger partial charge in [0.15, 0.2) is 0 Å². The van der Waals surface area contributed by atoms with E-state index in [-0.39, 0.29) is 18.4 Å². The van der Waals surface area contributed by atoms with Crippen LogP contribution in [0.4, 0.5) is 0 Å². The van der Waals surface area contributed by atoms with Crippen LogP contribution >= 0.6 is 0 Å². The van der Waals surface area contributed by atoms with Gasteiger partial charge >= 0.3 is 0 Å². The number of hydrogen-bond donors (Lipinski definition) is 2. The van der Waals surface area contributed by atoms with Gasteiger partial charge in [0.05, 0.1) is 19.3 Å². The van der Waals surface area contributed by atoms with E-state index in [9.17, 15) is 14.7 Å². The molecule has 1 unspecified atom stereocenters. The molecule has 0 aromatic heterocycles. The lowest BCUT2D eigenvalue weighted by molar-refractivity contribution is 0.0303. The van der Waals surface area contributed by atoms with Crippen LogP contribution in [0.2, 0.25) is 0 Å². The van der Waals surface area contributed by atoms with Gasteiger partial charge in [-0.25, -0.2) is 0 Å². The molecule has 2 aromatic rings. The molecule has 170 valence electrons. The third kappa shape index (κ3) is 5.35. The first kappa shape index (κ1) is 22.5. The zero-order valence-electron chi connectivity index (χ0n) is 18.5. The van der Waals surface area contributed by atoms with E-state index in [1.165, 1.54) is 11.1 Å². The molecule has 2 aromatic carbocycles. The molecule has 1 aliphatic carbocycles. The highest BCUT2D eigenvalue weighted by atomic mass is 16.5. The van der Waals surface area contributed by atoms with Crippen molar-refractivity contribution < 1.29 is 19.4 Å². The summed E-state index contributed by atoms with van der Waals surface area (Å²) in [5, 5.41) is 13.2. The maximum Gasteiger partial charge on any atom is 0.254 e. The predicted octanol–water partition coefficient (Wildman–Crippen LogP) is 1.35. The first-order valence-corrected chi connectivity index (χ1v) is 11.2. The fourth-order valence-electron chi connectivity index (χ4n) is 4.42. The standard InChI is InChI=1S/C25H31N3O4/c1-27(22-14-20-4-2-3-5-21(20)15-22)17-23(29)16-26-24(30)18-6-8-19(9-7-18)25(31)28-10-12-32-13-11-28/h2-9,22-23,29H,10-17H2,1H3,(H,26,30). The second kappa shape index (κ2) is 10.3. The molecule has 7 nitrogen and oxygen atoms in total. The highest BCUT2D eigenvalue weighted by molar-refractivity contribution is 5.97. The SMILES string of the molecule is CN(CC(O)CNC(=O)c1ccc(C(=O)N2CCOCC2)cc1)C1Cc2ccccc2C1. The minimum Gasteiger partial charge on any atom is -0.390 e. The minimum absolute atomic E-state index is 0.0484. The van der Waals surface area contributed by atoms with Crippen LogP contribution in [-0.4, -0.2) is 85.3 Å². The largest absolute Gasteiger partial charge is 0.390 e. The quantitative estimate of drug-likeness (QED) is 0.683. The Labute approximate surface area is 189 Å². The molecule has 0 bridgehead atoms. The zero-order valence-corrected chi connectivity index (χ0v) is 18.5.